The number of nitrogens with one attached hydrogen (secondary N) is 1. The lowest BCUT2D eigenvalue weighted by Crippen LogP contribution is -2.18. The van der Waals surface area contributed by atoms with E-state index in [-0.39, 0.29) is 4.90 Å². The van der Waals surface area contributed by atoms with E-state index in [1.807, 2.05) is 30.3 Å². The molecule has 1 N–H and O–H groups in total. The van der Waals surface area contributed by atoms with E-state index in [0.29, 0.717) is 11.1 Å². The standard InChI is InChI=1S/C21H15FN2O2S/c22-20-14-13-18(12-11-17-7-3-1-4-8-17)19(15-20)16-23-24-27(25,26)21-9-5-2-6-10-21/h1-10,13-16,24H/b23-16+. The van der Waals surface area contributed by atoms with Crippen LogP contribution in [0.3, 0.4) is 0 Å². The molecule has 0 aliphatic carbocycles. The number of hydrogen-bond donors (Lipinski definition) is 1. The maximum atomic E-state index is 13.6. The van der Waals surface area contributed by atoms with Gasteiger partial charge in [-0.2, -0.15) is 13.5 Å². The third kappa shape index (κ3) is 5.03. The third-order valence-electron chi connectivity index (χ3n) is 3.56. The van der Waals surface area contributed by atoms with Crippen LogP contribution >= 0.6 is 0 Å². The van der Waals surface area contributed by atoms with Crippen molar-refractivity contribution in [3.63, 3.8) is 0 Å². The van der Waals surface area contributed by atoms with Crippen molar-refractivity contribution in [1.82, 2.24) is 4.83 Å². The SMILES string of the molecule is O=S(=O)(N/N=C/c1cc(F)ccc1C#Cc1ccccc1)c1ccccc1. The Morgan fingerprint density at radius 3 is 2.26 bits per heavy atom. The first kappa shape index (κ1) is 18.4. The normalized spacial score (nSPS) is 11.0. The number of sulfonamides is 1. The Morgan fingerprint density at radius 1 is 0.889 bits per heavy atom. The maximum Gasteiger partial charge on any atom is 0.276 e. The molecule has 3 aromatic carbocycles. The molecule has 0 bridgehead atoms. The number of hydrazone groups is 1. The van der Waals surface area contributed by atoms with E-state index in [1.165, 1.54) is 36.5 Å². The van der Waals surface area contributed by atoms with Gasteiger partial charge in [-0.05, 0) is 42.5 Å². The van der Waals surface area contributed by atoms with Gasteiger partial charge in [0.05, 0.1) is 11.1 Å². The van der Waals surface area contributed by atoms with Crippen LogP contribution in [0.2, 0.25) is 0 Å². The highest BCUT2D eigenvalue weighted by Gasteiger charge is 2.11. The molecule has 0 aliphatic rings. The van der Waals surface area contributed by atoms with Crippen LogP contribution in [0.4, 0.5) is 4.39 Å². The van der Waals surface area contributed by atoms with E-state index < -0.39 is 15.8 Å². The Hall–Kier alpha value is -3.43. The first-order chi connectivity index (χ1) is 13.0. The van der Waals surface area contributed by atoms with Crippen LogP contribution in [0, 0.1) is 17.7 Å². The molecule has 3 rings (SSSR count). The molecule has 0 radical (unpaired) electrons. The molecule has 0 saturated carbocycles. The lowest BCUT2D eigenvalue weighted by atomic mass is 10.1. The zero-order valence-electron chi connectivity index (χ0n) is 14.1. The fourth-order valence-corrected chi connectivity index (χ4v) is 3.05. The van der Waals surface area contributed by atoms with Gasteiger partial charge < -0.3 is 0 Å². The molecule has 0 fully saturated rings. The van der Waals surface area contributed by atoms with Crippen LogP contribution in [-0.4, -0.2) is 14.6 Å². The second-order valence-electron chi connectivity index (χ2n) is 5.51. The monoisotopic (exact) mass is 378 g/mol. The van der Waals surface area contributed by atoms with Gasteiger partial charge in [0.25, 0.3) is 10.0 Å². The second-order valence-corrected chi connectivity index (χ2v) is 7.17. The summed E-state index contributed by atoms with van der Waals surface area (Å²) in [5.74, 6) is 5.47. The maximum absolute atomic E-state index is 13.6. The van der Waals surface area contributed by atoms with Crippen molar-refractivity contribution in [3.8, 4) is 11.8 Å². The van der Waals surface area contributed by atoms with E-state index in [4.69, 9.17) is 0 Å². The minimum absolute atomic E-state index is 0.0884. The lowest BCUT2D eigenvalue weighted by molar-refractivity contribution is 0.584. The summed E-state index contributed by atoms with van der Waals surface area (Å²) in [5, 5.41) is 3.75. The molecule has 0 aliphatic heterocycles. The lowest BCUT2D eigenvalue weighted by Gasteiger charge is -2.03. The molecule has 134 valence electrons. The average Bonchev–Trinajstić information content (AvgIpc) is 2.69. The number of rotatable bonds is 4. The number of benzene rings is 3. The summed E-state index contributed by atoms with van der Waals surface area (Å²) in [4.78, 5) is 2.20. The zero-order valence-corrected chi connectivity index (χ0v) is 14.9. The van der Waals surface area contributed by atoms with Gasteiger partial charge in [-0.1, -0.05) is 48.2 Å². The Bertz CT molecular complexity index is 1120. The quantitative estimate of drug-likeness (QED) is 0.429. The van der Waals surface area contributed by atoms with Gasteiger partial charge in [0.2, 0.25) is 0 Å². The van der Waals surface area contributed by atoms with Crippen molar-refractivity contribution in [2.75, 3.05) is 0 Å². The molecule has 6 heteroatoms. The number of halogens is 1. The van der Waals surface area contributed by atoms with Gasteiger partial charge in [0.1, 0.15) is 5.82 Å². The van der Waals surface area contributed by atoms with Crippen LogP contribution in [0.5, 0.6) is 0 Å². The molecule has 0 spiro atoms. The predicted molar refractivity (Wildman–Crippen MR) is 103 cm³/mol. The molecular weight excluding hydrogens is 363 g/mol. The number of hydrogen-bond acceptors (Lipinski definition) is 3. The van der Waals surface area contributed by atoms with Crippen molar-refractivity contribution in [2.45, 2.75) is 4.90 Å². The highest BCUT2D eigenvalue weighted by molar-refractivity contribution is 7.89. The predicted octanol–water partition coefficient (Wildman–Crippen LogP) is 3.54. The topological polar surface area (TPSA) is 58.5 Å². The summed E-state index contributed by atoms with van der Waals surface area (Å²) in [5.41, 5.74) is 1.71. The van der Waals surface area contributed by atoms with Gasteiger partial charge in [-0.25, -0.2) is 9.22 Å². The smallest absolute Gasteiger partial charge is 0.207 e. The molecule has 27 heavy (non-hydrogen) atoms. The van der Waals surface area contributed by atoms with Gasteiger partial charge >= 0.3 is 0 Å². The Balaban J connectivity index is 1.83. The van der Waals surface area contributed by atoms with Gasteiger partial charge in [0.15, 0.2) is 0 Å². The van der Waals surface area contributed by atoms with Crippen molar-refractivity contribution in [1.29, 1.82) is 0 Å². The molecule has 0 atom stereocenters. The first-order valence-corrected chi connectivity index (χ1v) is 9.49. The summed E-state index contributed by atoms with van der Waals surface area (Å²) >= 11 is 0. The first-order valence-electron chi connectivity index (χ1n) is 8.01. The summed E-state index contributed by atoms with van der Waals surface area (Å²) in [6.45, 7) is 0. The summed E-state index contributed by atoms with van der Waals surface area (Å²) in [6, 6.07) is 21.3. The van der Waals surface area contributed by atoms with Crippen LogP contribution in [-0.2, 0) is 10.0 Å². The molecule has 0 unspecified atom stereocenters. The molecule has 4 nitrogen and oxygen atoms in total. The summed E-state index contributed by atoms with van der Waals surface area (Å²) in [6.07, 6.45) is 1.23. The second kappa shape index (κ2) is 8.30. The van der Waals surface area contributed by atoms with Crippen molar-refractivity contribution < 1.29 is 12.8 Å². The van der Waals surface area contributed by atoms with E-state index in [0.717, 1.165) is 5.56 Å². The fraction of sp³-hybridized carbons (Fsp3) is 0. The fourth-order valence-electron chi connectivity index (χ4n) is 2.23. The van der Waals surface area contributed by atoms with Crippen LogP contribution < -0.4 is 4.83 Å². The molecule has 3 aromatic rings. The number of nitrogens with zero attached hydrogens (tertiary/aromatic N) is 1. The highest BCUT2D eigenvalue weighted by Crippen LogP contribution is 2.10. The Morgan fingerprint density at radius 2 is 1.56 bits per heavy atom. The molecule has 0 saturated heterocycles. The van der Waals surface area contributed by atoms with Crippen LogP contribution in [0.25, 0.3) is 0 Å². The minimum Gasteiger partial charge on any atom is -0.207 e. The van der Waals surface area contributed by atoms with Gasteiger partial charge in [0, 0.05) is 16.7 Å². The molecular formula is C21H15FN2O2S. The zero-order chi connectivity index (χ0) is 19.1. The van der Waals surface area contributed by atoms with Crippen LogP contribution in [0.15, 0.2) is 88.9 Å². The molecule has 0 amide bonds. The van der Waals surface area contributed by atoms with Crippen molar-refractivity contribution in [2.24, 2.45) is 5.10 Å². The minimum atomic E-state index is -3.79. The van der Waals surface area contributed by atoms with E-state index in [1.54, 1.807) is 18.2 Å². The van der Waals surface area contributed by atoms with Crippen LogP contribution in [0.1, 0.15) is 16.7 Å². The Labute approximate surface area is 157 Å². The molecule has 0 heterocycles. The van der Waals surface area contributed by atoms with Gasteiger partial charge in [-0.3, -0.25) is 0 Å². The molecule has 0 aromatic heterocycles. The summed E-state index contributed by atoms with van der Waals surface area (Å²) in [7, 11) is -3.79. The van der Waals surface area contributed by atoms with Gasteiger partial charge in [-0.15, -0.1) is 0 Å². The average molecular weight is 378 g/mol. The highest BCUT2D eigenvalue weighted by atomic mass is 32.2. The van der Waals surface area contributed by atoms with Crippen molar-refractivity contribution in [3.05, 3.63) is 101 Å². The summed E-state index contributed by atoms with van der Waals surface area (Å²) < 4.78 is 37.9. The third-order valence-corrected chi connectivity index (χ3v) is 4.80. The van der Waals surface area contributed by atoms with E-state index in [2.05, 4.69) is 21.8 Å². The largest absolute Gasteiger partial charge is 0.276 e. The van der Waals surface area contributed by atoms with Crippen molar-refractivity contribution >= 4 is 16.2 Å². The van der Waals surface area contributed by atoms with E-state index in [9.17, 15) is 12.8 Å². The Kier molecular flexibility index (Phi) is 5.64. The van der Waals surface area contributed by atoms with E-state index >= 15 is 0 Å².